The highest BCUT2D eigenvalue weighted by atomic mass is 32.2. The van der Waals surface area contributed by atoms with E-state index in [4.69, 9.17) is 9.47 Å². The van der Waals surface area contributed by atoms with Crippen LogP contribution in [0.4, 0.5) is 0 Å². The van der Waals surface area contributed by atoms with E-state index < -0.39 is 10.0 Å². The van der Waals surface area contributed by atoms with Gasteiger partial charge >= 0.3 is 0 Å². The average molecular weight is 585 g/mol. The van der Waals surface area contributed by atoms with Crippen molar-refractivity contribution >= 4 is 38.9 Å². The van der Waals surface area contributed by atoms with Crippen LogP contribution in [0.15, 0.2) is 69.3 Å². The highest BCUT2D eigenvalue weighted by Gasteiger charge is 2.34. The van der Waals surface area contributed by atoms with Crippen molar-refractivity contribution in [2.45, 2.75) is 70.1 Å². The Hall–Kier alpha value is -3.04. The molecule has 7 nitrogen and oxygen atoms in total. The van der Waals surface area contributed by atoms with Gasteiger partial charge in [0.1, 0.15) is 0 Å². The number of amides is 1. The summed E-state index contributed by atoms with van der Waals surface area (Å²) in [5, 5.41) is 0.0969. The molecule has 0 atom stereocenters. The summed E-state index contributed by atoms with van der Waals surface area (Å²) in [4.78, 5) is 15.0. The van der Waals surface area contributed by atoms with Crippen molar-refractivity contribution in [3.63, 3.8) is 0 Å². The monoisotopic (exact) mass is 584 g/mol. The second-order valence-electron chi connectivity index (χ2n) is 9.54. The highest BCUT2D eigenvalue weighted by Crippen LogP contribution is 2.35. The summed E-state index contributed by atoms with van der Waals surface area (Å²) in [6.07, 6.45) is 12.4. The quantitative estimate of drug-likeness (QED) is 0.118. The van der Waals surface area contributed by atoms with Crippen LogP contribution < -0.4 is 9.47 Å². The lowest BCUT2D eigenvalue weighted by Gasteiger charge is -2.12. The fraction of sp³-hybridized carbons (Fsp3) is 0.419. The first-order valence-electron chi connectivity index (χ1n) is 13.9. The van der Waals surface area contributed by atoms with Gasteiger partial charge in [-0.3, -0.25) is 9.69 Å². The number of aryl methyl sites for hydroxylation is 1. The summed E-state index contributed by atoms with van der Waals surface area (Å²) in [7, 11) is -2.41. The minimum absolute atomic E-state index is 0.0825. The maximum atomic E-state index is 13.2. The van der Waals surface area contributed by atoms with E-state index in [1.165, 1.54) is 37.0 Å². The van der Waals surface area contributed by atoms with E-state index >= 15 is 0 Å². The van der Waals surface area contributed by atoms with Crippen molar-refractivity contribution in [1.29, 1.82) is 0 Å². The first-order valence-corrected chi connectivity index (χ1v) is 16.2. The molecule has 1 heterocycles. The Balaban J connectivity index is 1.76. The van der Waals surface area contributed by atoms with E-state index in [-0.39, 0.29) is 22.5 Å². The van der Waals surface area contributed by atoms with Crippen LogP contribution in [0.25, 0.3) is 6.08 Å². The second kappa shape index (κ2) is 15.7. The van der Waals surface area contributed by atoms with Crippen LogP contribution in [0.3, 0.4) is 0 Å². The summed E-state index contributed by atoms with van der Waals surface area (Å²) in [5.41, 5.74) is 1.77. The van der Waals surface area contributed by atoms with Crippen LogP contribution in [-0.4, -0.2) is 44.7 Å². The third kappa shape index (κ3) is 8.73. The van der Waals surface area contributed by atoms with Gasteiger partial charge in [-0.1, -0.05) is 76.6 Å². The zero-order chi connectivity index (χ0) is 29.0. The number of carbonyl (C=O) groups is 1. The molecule has 0 unspecified atom stereocenters. The number of methoxy groups -OCH3 is 1. The maximum absolute atomic E-state index is 13.2. The molecular weight excluding hydrogens is 544 g/mol. The number of ether oxygens (including phenoxy) is 2. The van der Waals surface area contributed by atoms with Gasteiger partial charge in [0.2, 0.25) is 0 Å². The van der Waals surface area contributed by atoms with Gasteiger partial charge < -0.3 is 9.47 Å². The Bertz CT molecular complexity index is 1320. The van der Waals surface area contributed by atoms with Crippen molar-refractivity contribution < 1.29 is 22.7 Å². The third-order valence-electron chi connectivity index (χ3n) is 6.52. The van der Waals surface area contributed by atoms with E-state index in [1.54, 1.807) is 49.6 Å². The molecule has 3 rings (SSSR count). The van der Waals surface area contributed by atoms with E-state index in [2.05, 4.69) is 17.9 Å². The number of hydrogen-bond acceptors (Lipinski definition) is 6. The van der Waals surface area contributed by atoms with Crippen molar-refractivity contribution in [3.05, 3.63) is 71.2 Å². The number of hydrogen-bond donors (Lipinski definition) is 0. The van der Waals surface area contributed by atoms with Gasteiger partial charge in [0.05, 0.1) is 23.5 Å². The highest BCUT2D eigenvalue weighted by molar-refractivity contribution is 8.19. The first kappa shape index (κ1) is 31.5. The number of nitrogens with zero attached hydrogens (tertiary/aromatic N) is 2. The molecule has 1 fully saturated rings. The Labute approximate surface area is 243 Å². The van der Waals surface area contributed by atoms with Crippen molar-refractivity contribution in [3.8, 4) is 11.5 Å². The van der Waals surface area contributed by atoms with Crippen molar-refractivity contribution in [2.75, 3.05) is 20.3 Å². The van der Waals surface area contributed by atoms with Gasteiger partial charge in [-0.15, -0.1) is 11.0 Å². The van der Waals surface area contributed by atoms with Crippen molar-refractivity contribution in [2.24, 2.45) is 4.40 Å². The maximum Gasteiger partial charge on any atom is 0.284 e. The molecule has 1 aliphatic rings. The van der Waals surface area contributed by atoms with Gasteiger partial charge in [-0.2, -0.15) is 8.42 Å². The molecule has 216 valence electrons. The number of amidine groups is 1. The number of thioether (sulfide) groups is 1. The molecule has 9 heteroatoms. The Morgan fingerprint density at radius 1 is 0.975 bits per heavy atom. The molecule has 0 aliphatic carbocycles. The molecule has 0 spiro atoms. The molecule has 0 bridgehead atoms. The zero-order valence-electron chi connectivity index (χ0n) is 23.7. The number of carbonyl (C=O) groups excluding carboxylic acids is 1. The van der Waals surface area contributed by atoms with Crippen LogP contribution in [0.2, 0.25) is 0 Å². The molecule has 0 saturated carbocycles. The van der Waals surface area contributed by atoms with Crippen LogP contribution in [0.5, 0.6) is 11.5 Å². The minimum Gasteiger partial charge on any atom is -0.493 e. The Morgan fingerprint density at radius 3 is 2.33 bits per heavy atom. The smallest absolute Gasteiger partial charge is 0.284 e. The van der Waals surface area contributed by atoms with Crippen LogP contribution >= 0.6 is 11.8 Å². The lowest BCUT2D eigenvalue weighted by atomic mass is 10.1. The van der Waals surface area contributed by atoms with E-state index in [0.717, 1.165) is 42.2 Å². The fourth-order valence-electron chi connectivity index (χ4n) is 4.21. The Morgan fingerprint density at radius 2 is 1.68 bits per heavy atom. The van der Waals surface area contributed by atoms with Crippen LogP contribution in [-0.2, 0) is 21.2 Å². The summed E-state index contributed by atoms with van der Waals surface area (Å²) in [6, 6.07) is 12.1. The lowest BCUT2D eigenvalue weighted by molar-refractivity contribution is -0.121. The van der Waals surface area contributed by atoms with Crippen molar-refractivity contribution in [1.82, 2.24) is 4.90 Å². The molecule has 1 amide bonds. The molecule has 40 heavy (non-hydrogen) atoms. The molecule has 1 saturated heterocycles. The van der Waals surface area contributed by atoms with E-state index in [1.807, 2.05) is 19.1 Å². The first-order chi connectivity index (χ1) is 19.3. The topological polar surface area (TPSA) is 85.3 Å². The van der Waals surface area contributed by atoms with Gasteiger partial charge in [0.25, 0.3) is 15.9 Å². The van der Waals surface area contributed by atoms with Crippen LogP contribution in [0, 0.1) is 0 Å². The summed E-state index contributed by atoms with van der Waals surface area (Å²) < 4.78 is 41.6. The molecule has 2 aromatic carbocycles. The molecule has 0 N–H and O–H groups in total. The largest absolute Gasteiger partial charge is 0.493 e. The standard InChI is InChI=1S/C31H40N2O5S2/c1-5-8-9-10-11-12-13-21-38-28-22-25(16-19-27(28)37-4)23-29-30(34)33(20-6-2)31(39-29)32-40(35,36)26-17-14-24(7-3)15-18-26/h6,14-19,22-23H,2,5,7-13,20-21H2,1,3-4H3/b29-23-,32-31+. The molecule has 1 aliphatic heterocycles. The van der Waals surface area contributed by atoms with E-state index in [0.29, 0.717) is 23.0 Å². The number of sulfonamides is 1. The zero-order valence-corrected chi connectivity index (χ0v) is 25.4. The predicted octanol–water partition coefficient (Wildman–Crippen LogP) is 7.23. The number of rotatable bonds is 16. The normalized spacial score (nSPS) is 15.7. The molecule has 2 aromatic rings. The second-order valence-corrected chi connectivity index (χ2v) is 12.2. The average Bonchev–Trinajstić information content (AvgIpc) is 3.23. The van der Waals surface area contributed by atoms with Gasteiger partial charge in [0, 0.05) is 6.54 Å². The SMILES string of the molecule is C=CCN1C(=O)/C(=C/c2ccc(OC)c(OCCCCCCCCC)c2)S/C1=N/S(=O)(=O)c1ccc(CC)cc1. The molecular formula is C31H40N2O5S2. The lowest BCUT2D eigenvalue weighted by Crippen LogP contribution is -2.29. The summed E-state index contributed by atoms with van der Waals surface area (Å²) in [6.45, 7) is 8.65. The van der Waals surface area contributed by atoms with Gasteiger partial charge in [0.15, 0.2) is 16.7 Å². The molecule has 0 radical (unpaired) electrons. The van der Waals surface area contributed by atoms with Crippen LogP contribution in [0.1, 0.15) is 69.9 Å². The summed E-state index contributed by atoms with van der Waals surface area (Å²) >= 11 is 1.03. The molecule has 0 aromatic heterocycles. The van der Waals surface area contributed by atoms with Gasteiger partial charge in [-0.25, -0.2) is 0 Å². The van der Waals surface area contributed by atoms with Gasteiger partial charge in [-0.05, 0) is 66.1 Å². The fourth-order valence-corrected chi connectivity index (χ4v) is 6.40. The Kier molecular flexibility index (Phi) is 12.3. The number of benzene rings is 2. The van der Waals surface area contributed by atoms with E-state index in [9.17, 15) is 13.2 Å². The minimum atomic E-state index is -4.00. The summed E-state index contributed by atoms with van der Waals surface area (Å²) in [5.74, 6) is 0.890. The number of unbranched alkanes of at least 4 members (excludes halogenated alkanes) is 6. The third-order valence-corrected chi connectivity index (χ3v) is 8.92. The predicted molar refractivity (Wildman–Crippen MR) is 164 cm³/mol.